The first kappa shape index (κ1) is 13.3. The van der Waals surface area contributed by atoms with Crippen molar-refractivity contribution >= 4 is 0 Å². The Morgan fingerprint density at radius 3 is 2.80 bits per heavy atom. The fourth-order valence-electron chi connectivity index (χ4n) is 3.05. The topological polar surface area (TPSA) is 42.7 Å². The molecule has 1 saturated heterocycles. The Labute approximate surface area is 120 Å². The zero-order valence-corrected chi connectivity index (χ0v) is 12.3. The number of piperidine rings is 1. The monoisotopic (exact) mass is 270 g/mol. The largest absolute Gasteiger partial charge is 0.330 e. The molecule has 0 aliphatic carbocycles. The third-order valence-corrected chi connectivity index (χ3v) is 4.51. The Morgan fingerprint density at radius 2 is 2.05 bits per heavy atom. The van der Waals surface area contributed by atoms with Gasteiger partial charge in [-0.2, -0.15) is 0 Å². The maximum absolute atomic E-state index is 4.40. The molecule has 1 aliphatic heterocycles. The molecule has 0 amide bonds. The molecule has 1 N–H and O–H groups in total. The first-order valence-corrected chi connectivity index (χ1v) is 7.30. The Bertz CT molecular complexity index is 582. The van der Waals surface area contributed by atoms with Crippen LogP contribution in [-0.2, 0) is 12.0 Å². The van der Waals surface area contributed by atoms with Gasteiger partial charge in [-0.15, -0.1) is 0 Å². The number of rotatable bonds is 3. The molecule has 106 valence electrons. The number of nitrogens with one attached hydrogen (secondary N) is 1. The predicted molar refractivity (Wildman–Crippen MR) is 79.8 cm³/mol. The standard InChI is InChI=1S/C16H22N4/c1-13-9-18-6-3-14(13)11-20-12-19-10-15(20)16(2)4-7-17-8-5-16/h3,6,9-10,12,17H,4-5,7-8,11H2,1-2H3. The van der Waals surface area contributed by atoms with Gasteiger partial charge in [-0.05, 0) is 50.0 Å². The number of aryl methyl sites for hydroxylation is 1. The summed E-state index contributed by atoms with van der Waals surface area (Å²) in [6, 6.07) is 2.10. The van der Waals surface area contributed by atoms with Crippen LogP contribution in [0.4, 0.5) is 0 Å². The van der Waals surface area contributed by atoms with E-state index in [4.69, 9.17) is 0 Å². The zero-order chi connectivity index (χ0) is 14.0. The van der Waals surface area contributed by atoms with Crippen LogP contribution in [0.1, 0.15) is 36.6 Å². The molecule has 4 nitrogen and oxygen atoms in total. The van der Waals surface area contributed by atoms with Crippen molar-refractivity contribution in [1.82, 2.24) is 19.9 Å². The van der Waals surface area contributed by atoms with Crippen LogP contribution in [0.2, 0.25) is 0 Å². The summed E-state index contributed by atoms with van der Waals surface area (Å²) in [5.41, 5.74) is 4.15. The van der Waals surface area contributed by atoms with Crippen LogP contribution in [0, 0.1) is 6.92 Å². The van der Waals surface area contributed by atoms with Crippen molar-refractivity contribution in [3.63, 3.8) is 0 Å². The minimum absolute atomic E-state index is 0.239. The van der Waals surface area contributed by atoms with E-state index in [-0.39, 0.29) is 5.41 Å². The van der Waals surface area contributed by atoms with E-state index >= 15 is 0 Å². The van der Waals surface area contributed by atoms with Crippen molar-refractivity contribution in [1.29, 1.82) is 0 Å². The average Bonchev–Trinajstić information content (AvgIpc) is 2.91. The molecule has 2 aromatic rings. The van der Waals surface area contributed by atoms with Gasteiger partial charge in [-0.25, -0.2) is 4.98 Å². The molecule has 3 heterocycles. The highest BCUT2D eigenvalue weighted by Gasteiger charge is 2.31. The number of hydrogen-bond donors (Lipinski definition) is 1. The number of nitrogens with zero attached hydrogens (tertiary/aromatic N) is 3. The van der Waals surface area contributed by atoms with E-state index in [0.717, 1.165) is 19.6 Å². The maximum Gasteiger partial charge on any atom is 0.0951 e. The van der Waals surface area contributed by atoms with Crippen LogP contribution in [-0.4, -0.2) is 27.6 Å². The summed E-state index contributed by atoms with van der Waals surface area (Å²) in [6.45, 7) is 7.55. The smallest absolute Gasteiger partial charge is 0.0951 e. The summed E-state index contributed by atoms with van der Waals surface area (Å²) in [4.78, 5) is 8.56. The highest BCUT2D eigenvalue weighted by atomic mass is 15.1. The van der Waals surface area contributed by atoms with E-state index in [1.165, 1.54) is 29.7 Å². The van der Waals surface area contributed by atoms with E-state index in [1.807, 2.05) is 24.9 Å². The van der Waals surface area contributed by atoms with Crippen molar-refractivity contribution in [3.8, 4) is 0 Å². The van der Waals surface area contributed by atoms with Crippen molar-refractivity contribution in [2.24, 2.45) is 0 Å². The minimum atomic E-state index is 0.239. The van der Waals surface area contributed by atoms with E-state index < -0.39 is 0 Å². The van der Waals surface area contributed by atoms with Gasteiger partial charge in [0.1, 0.15) is 0 Å². The van der Waals surface area contributed by atoms with Gasteiger partial charge in [0, 0.05) is 36.2 Å². The summed E-state index contributed by atoms with van der Waals surface area (Å²) in [6.07, 6.45) is 10.1. The van der Waals surface area contributed by atoms with Gasteiger partial charge in [0.25, 0.3) is 0 Å². The second-order valence-electron chi connectivity index (χ2n) is 6.02. The average molecular weight is 270 g/mol. The molecule has 2 aromatic heterocycles. The Hall–Kier alpha value is -1.68. The molecular weight excluding hydrogens is 248 g/mol. The first-order chi connectivity index (χ1) is 9.69. The normalized spacial score (nSPS) is 18.1. The predicted octanol–water partition coefficient (Wildman–Crippen LogP) is 2.28. The van der Waals surface area contributed by atoms with Gasteiger partial charge in [0.2, 0.25) is 0 Å². The Balaban J connectivity index is 1.89. The fourth-order valence-corrected chi connectivity index (χ4v) is 3.05. The summed E-state index contributed by atoms with van der Waals surface area (Å²) in [5, 5.41) is 3.44. The molecule has 20 heavy (non-hydrogen) atoms. The summed E-state index contributed by atoms with van der Waals surface area (Å²) >= 11 is 0. The molecule has 0 saturated carbocycles. The van der Waals surface area contributed by atoms with E-state index in [1.54, 1.807) is 0 Å². The molecule has 0 radical (unpaired) electrons. The summed E-state index contributed by atoms with van der Waals surface area (Å²) < 4.78 is 2.30. The van der Waals surface area contributed by atoms with Crippen LogP contribution < -0.4 is 5.32 Å². The zero-order valence-electron chi connectivity index (χ0n) is 12.3. The van der Waals surface area contributed by atoms with Crippen LogP contribution in [0.15, 0.2) is 31.0 Å². The van der Waals surface area contributed by atoms with Gasteiger partial charge in [0.15, 0.2) is 0 Å². The molecule has 1 aliphatic rings. The fraction of sp³-hybridized carbons (Fsp3) is 0.500. The van der Waals surface area contributed by atoms with Crippen LogP contribution >= 0.6 is 0 Å². The Morgan fingerprint density at radius 1 is 1.25 bits per heavy atom. The summed E-state index contributed by atoms with van der Waals surface area (Å²) in [7, 11) is 0. The number of imidazole rings is 1. The van der Waals surface area contributed by atoms with Gasteiger partial charge >= 0.3 is 0 Å². The second kappa shape index (κ2) is 5.37. The highest BCUT2D eigenvalue weighted by Crippen LogP contribution is 2.32. The molecule has 4 heteroatoms. The molecular formula is C16H22N4. The number of pyridine rings is 1. The van der Waals surface area contributed by atoms with E-state index in [2.05, 4.69) is 39.8 Å². The number of aromatic nitrogens is 3. The van der Waals surface area contributed by atoms with E-state index in [9.17, 15) is 0 Å². The maximum atomic E-state index is 4.40. The lowest BCUT2D eigenvalue weighted by molar-refractivity contribution is 0.318. The van der Waals surface area contributed by atoms with Gasteiger partial charge < -0.3 is 9.88 Å². The molecule has 0 spiro atoms. The SMILES string of the molecule is Cc1cnccc1Cn1cncc1C1(C)CCNCC1. The van der Waals surface area contributed by atoms with E-state index in [0.29, 0.717) is 0 Å². The molecule has 0 aromatic carbocycles. The van der Waals surface area contributed by atoms with Crippen molar-refractivity contribution < 1.29 is 0 Å². The second-order valence-corrected chi connectivity index (χ2v) is 6.02. The van der Waals surface area contributed by atoms with Crippen LogP contribution in [0.5, 0.6) is 0 Å². The molecule has 0 atom stereocenters. The lowest BCUT2D eigenvalue weighted by Crippen LogP contribution is -2.39. The van der Waals surface area contributed by atoms with Gasteiger partial charge in [-0.1, -0.05) is 6.92 Å². The molecule has 1 fully saturated rings. The molecule has 0 unspecified atom stereocenters. The highest BCUT2D eigenvalue weighted by molar-refractivity contribution is 5.24. The first-order valence-electron chi connectivity index (χ1n) is 7.30. The quantitative estimate of drug-likeness (QED) is 0.930. The molecule has 3 rings (SSSR count). The summed E-state index contributed by atoms with van der Waals surface area (Å²) in [5.74, 6) is 0. The van der Waals surface area contributed by atoms with Crippen molar-refractivity contribution in [2.45, 2.75) is 38.6 Å². The lowest BCUT2D eigenvalue weighted by atomic mass is 9.78. The van der Waals surface area contributed by atoms with Crippen molar-refractivity contribution in [3.05, 3.63) is 47.8 Å². The third kappa shape index (κ3) is 2.48. The van der Waals surface area contributed by atoms with Crippen LogP contribution in [0.3, 0.4) is 0 Å². The van der Waals surface area contributed by atoms with Gasteiger partial charge in [-0.3, -0.25) is 4.98 Å². The third-order valence-electron chi connectivity index (χ3n) is 4.51. The lowest BCUT2D eigenvalue weighted by Gasteiger charge is -2.34. The number of hydrogen-bond acceptors (Lipinski definition) is 3. The minimum Gasteiger partial charge on any atom is -0.330 e. The van der Waals surface area contributed by atoms with Crippen molar-refractivity contribution in [2.75, 3.05) is 13.1 Å². The van der Waals surface area contributed by atoms with Gasteiger partial charge in [0.05, 0.1) is 6.33 Å². The van der Waals surface area contributed by atoms with Crippen LogP contribution in [0.25, 0.3) is 0 Å². The molecule has 0 bridgehead atoms. The Kier molecular flexibility index (Phi) is 3.57.